The summed E-state index contributed by atoms with van der Waals surface area (Å²) in [5.41, 5.74) is 5.33. The van der Waals surface area contributed by atoms with Crippen molar-refractivity contribution in [2.24, 2.45) is 7.05 Å². The summed E-state index contributed by atoms with van der Waals surface area (Å²) >= 11 is 6.40. The molecule has 0 aliphatic carbocycles. The fourth-order valence-electron chi connectivity index (χ4n) is 7.72. The Labute approximate surface area is 308 Å². The molecular formula is C42H31ClN8O2. The highest BCUT2D eigenvalue weighted by Crippen LogP contribution is 2.41. The first-order chi connectivity index (χ1) is 25.9. The van der Waals surface area contributed by atoms with Crippen LogP contribution in [0.15, 0.2) is 140 Å². The molecule has 1 aliphatic heterocycles. The molecule has 8 aromatic rings. The molecule has 1 N–H and O–H groups in total. The highest BCUT2D eigenvalue weighted by molar-refractivity contribution is 6.50. The number of imide groups is 1. The number of hydrogen-bond donors (Lipinski definition) is 1. The lowest BCUT2D eigenvalue weighted by molar-refractivity contribution is -0.122. The zero-order valence-electron chi connectivity index (χ0n) is 28.5. The van der Waals surface area contributed by atoms with E-state index in [0.29, 0.717) is 35.1 Å². The van der Waals surface area contributed by atoms with Gasteiger partial charge in [-0.25, -0.2) is 4.68 Å². The van der Waals surface area contributed by atoms with Crippen LogP contribution in [0, 0.1) is 0 Å². The van der Waals surface area contributed by atoms with E-state index in [1.54, 1.807) is 6.07 Å². The number of nitrogens with one attached hydrogen (secondary N) is 1. The summed E-state index contributed by atoms with van der Waals surface area (Å²) in [6.07, 6.45) is 2.26. The summed E-state index contributed by atoms with van der Waals surface area (Å²) in [7, 11) is 1.90. The minimum absolute atomic E-state index is 0.221. The van der Waals surface area contributed by atoms with E-state index in [-0.39, 0.29) is 11.1 Å². The molecule has 0 spiro atoms. The van der Waals surface area contributed by atoms with E-state index >= 15 is 0 Å². The van der Waals surface area contributed by atoms with E-state index in [0.717, 1.165) is 38.5 Å². The lowest BCUT2D eigenvalue weighted by Crippen LogP contribution is -2.40. The van der Waals surface area contributed by atoms with Crippen LogP contribution in [0.3, 0.4) is 0 Å². The molecule has 0 saturated heterocycles. The van der Waals surface area contributed by atoms with Crippen LogP contribution in [0.4, 0.5) is 0 Å². The van der Waals surface area contributed by atoms with Gasteiger partial charge in [0.15, 0.2) is 5.82 Å². The van der Waals surface area contributed by atoms with E-state index in [9.17, 15) is 9.59 Å². The van der Waals surface area contributed by atoms with Gasteiger partial charge in [-0.1, -0.05) is 121 Å². The van der Waals surface area contributed by atoms with Crippen LogP contribution in [0.2, 0.25) is 5.02 Å². The number of carbonyl (C=O) groups is 2. The number of carbonyl (C=O) groups excluding carboxylic acids is 2. The van der Waals surface area contributed by atoms with E-state index in [4.69, 9.17) is 16.7 Å². The van der Waals surface area contributed by atoms with Crippen LogP contribution in [0.1, 0.15) is 33.8 Å². The van der Waals surface area contributed by atoms with Crippen molar-refractivity contribution in [3.8, 4) is 0 Å². The highest BCUT2D eigenvalue weighted by Gasteiger charge is 2.42. The summed E-state index contributed by atoms with van der Waals surface area (Å²) < 4.78 is 5.69. The van der Waals surface area contributed by atoms with E-state index in [1.807, 2.05) is 118 Å². The van der Waals surface area contributed by atoms with Gasteiger partial charge in [0.2, 0.25) is 0 Å². The Kier molecular flexibility index (Phi) is 7.82. The largest absolute Gasteiger partial charge is 0.350 e. The number of rotatable bonds is 9. The molecule has 258 valence electrons. The minimum atomic E-state index is -0.886. The Hall–Kier alpha value is -6.65. The number of nitrogens with zero attached hydrogens (tertiary/aromatic N) is 7. The van der Waals surface area contributed by atoms with Crippen molar-refractivity contribution in [1.82, 2.24) is 39.9 Å². The van der Waals surface area contributed by atoms with Crippen molar-refractivity contribution in [3.63, 3.8) is 0 Å². The van der Waals surface area contributed by atoms with Crippen LogP contribution < -0.4 is 5.32 Å². The lowest BCUT2D eigenvalue weighted by Gasteiger charge is -2.36. The Bertz CT molecular complexity index is 2620. The van der Waals surface area contributed by atoms with Crippen LogP contribution in [-0.2, 0) is 35.1 Å². The number of halogens is 1. The number of aryl methyl sites for hydroxylation is 3. The smallest absolute Gasteiger partial charge is 0.261 e. The molecule has 2 amide bonds. The fraction of sp³-hybridized carbons (Fsp3) is 0.0952. The zero-order valence-corrected chi connectivity index (χ0v) is 29.3. The second kappa shape index (κ2) is 12.8. The SMILES string of the molecule is Cn1cc(C2=C(c3nn(CCc4nnnn4C(c4ccccc4)(c4ccccc4)c4ccccc4)c4ccccc34)C(=O)NC2=O)c2cc(Cl)ccc21. The van der Waals surface area contributed by atoms with Gasteiger partial charge in [-0.2, -0.15) is 5.10 Å². The molecule has 1 aliphatic rings. The second-order valence-electron chi connectivity index (χ2n) is 13.0. The maximum absolute atomic E-state index is 13.6. The summed E-state index contributed by atoms with van der Waals surface area (Å²) in [6, 6.07) is 44.0. The molecular weight excluding hydrogens is 684 g/mol. The van der Waals surface area contributed by atoms with Crippen molar-refractivity contribution in [1.29, 1.82) is 0 Å². The molecule has 3 aromatic heterocycles. The van der Waals surface area contributed by atoms with Gasteiger partial charge >= 0.3 is 0 Å². The van der Waals surface area contributed by atoms with Crippen molar-refractivity contribution in [2.75, 3.05) is 0 Å². The van der Waals surface area contributed by atoms with E-state index < -0.39 is 17.4 Å². The molecule has 0 radical (unpaired) electrons. The van der Waals surface area contributed by atoms with Gasteiger partial charge in [0.25, 0.3) is 11.8 Å². The number of tetrazole rings is 1. The number of para-hydroxylation sites is 1. The van der Waals surface area contributed by atoms with Gasteiger partial charge in [-0.05, 0) is 51.4 Å². The van der Waals surface area contributed by atoms with Gasteiger partial charge in [0.05, 0.1) is 16.7 Å². The summed E-state index contributed by atoms with van der Waals surface area (Å²) in [4.78, 5) is 27.2. The standard InChI is InChI=1S/C42H31ClN8O2/c1-49-26-33(32-25-30(43)21-22-34(32)49)37-38(41(53)44-40(37)52)39-31-19-11-12-20-35(31)50(46-39)24-23-36-45-47-48-51(36)42(27-13-5-2-6-14-27,28-15-7-3-8-16-28)29-17-9-4-10-18-29/h2-22,25-26H,23-24H2,1H3,(H,44,52,53). The van der Waals surface area contributed by atoms with Crippen molar-refractivity contribution in [3.05, 3.63) is 178 Å². The number of amides is 2. The second-order valence-corrected chi connectivity index (χ2v) is 13.4. The number of benzene rings is 5. The number of aromatic nitrogens is 7. The third-order valence-corrected chi connectivity index (χ3v) is 10.3. The van der Waals surface area contributed by atoms with Crippen LogP contribution in [0.5, 0.6) is 0 Å². The first-order valence-electron chi connectivity index (χ1n) is 17.2. The molecule has 0 unspecified atom stereocenters. The minimum Gasteiger partial charge on any atom is -0.350 e. The van der Waals surface area contributed by atoms with Crippen LogP contribution >= 0.6 is 11.6 Å². The molecule has 10 nitrogen and oxygen atoms in total. The maximum Gasteiger partial charge on any atom is 0.261 e. The van der Waals surface area contributed by atoms with Crippen LogP contribution in [-0.4, -0.2) is 46.4 Å². The van der Waals surface area contributed by atoms with Gasteiger partial charge in [-0.3, -0.25) is 19.6 Å². The van der Waals surface area contributed by atoms with Gasteiger partial charge in [0.1, 0.15) is 11.2 Å². The molecule has 0 fully saturated rings. The average Bonchev–Trinajstić information content (AvgIpc) is 3.95. The predicted molar refractivity (Wildman–Crippen MR) is 204 cm³/mol. The number of hydrogen-bond acceptors (Lipinski definition) is 6. The highest BCUT2D eigenvalue weighted by atomic mass is 35.5. The molecule has 53 heavy (non-hydrogen) atoms. The molecule has 11 heteroatoms. The van der Waals surface area contributed by atoms with Gasteiger partial charge in [-0.15, -0.1) is 5.10 Å². The van der Waals surface area contributed by atoms with E-state index in [2.05, 4.69) is 57.2 Å². The Morgan fingerprint density at radius 2 is 1.30 bits per heavy atom. The topological polar surface area (TPSA) is 113 Å². The quantitative estimate of drug-likeness (QED) is 0.130. The van der Waals surface area contributed by atoms with Crippen molar-refractivity contribution in [2.45, 2.75) is 18.5 Å². The summed E-state index contributed by atoms with van der Waals surface area (Å²) in [6.45, 7) is 0.386. The summed E-state index contributed by atoms with van der Waals surface area (Å²) in [5.74, 6) is -0.333. The fourth-order valence-corrected chi connectivity index (χ4v) is 7.89. The number of fused-ring (bicyclic) bond motifs is 2. The normalized spacial score (nSPS) is 13.4. The lowest BCUT2D eigenvalue weighted by atomic mass is 9.77. The predicted octanol–water partition coefficient (Wildman–Crippen LogP) is 6.82. The molecule has 9 rings (SSSR count). The first-order valence-corrected chi connectivity index (χ1v) is 17.6. The van der Waals surface area contributed by atoms with Gasteiger partial charge in [0, 0.05) is 53.1 Å². The summed E-state index contributed by atoms with van der Waals surface area (Å²) in [5, 5.41) is 23.1. The molecule has 0 atom stereocenters. The van der Waals surface area contributed by atoms with Crippen LogP contribution in [0.25, 0.3) is 33.0 Å². The zero-order chi connectivity index (χ0) is 36.1. The van der Waals surface area contributed by atoms with Crippen molar-refractivity contribution < 1.29 is 9.59 Å². The molecule has 5 aromatic carbocycles. The Balaban J connectivity index is 1.17. The molecule has 0 saturated carbocycles. The average molecular weight is 715 g/mol. The van der Waals surface area contributed by atoms with E-state index in [1.165, 1.54) is 0 Å². The third-order valence-electron chi connectivity index (χ3n) is 10.0. The first kappa shape index (κ1) is 32.3. The maximum atomic E-state index is 13.6. The molecule has 4 heterocycles. The van der Waals surface area contributed by atoms with Gasteiger partial charge < -0.3 is 4.57 Å². The monoisotopic (exact) mass is 714 g/mol. The molecule has 0 bridgehead atoms. The Morgan fingerprint density at radius 1 is 0.698 bits per heavy atom. The third kappa shape index (κ3) is 5.17. The Morgan fingerprint density at radius 3 is 1.96 bits per heavy atom. The van der Waals surface area contributed by atoms with Crippen molar-refractivity contribution >= 4 is 56.4 Å².